The predicted molar refractivity (Wildman–Crippen MR) is 90.6 cm³/mol. The maximum absolute atomic E-state index is 12.4. The Morgan fingerprint density at radius 3 is 3.00 bits per heavy atom. The van der Waals surface area contributed by atoms with Gasteiger partial charge < -0.3 is 9.42 Å². The quantitative estimate of drug-likeness (QED) is 0.829. The number of hydrogen-bond acceptors (Lipinski definition) is 5. The van der Waals surface area contributed by atoms with Gasteiger partial charge in [-0.2, -0.15) is 0 Å². The average Bonchev–Trinajstić information content (AvgIpc) is 3.13. The van der Waals surface area contributed by atoms with E-state index in [4.69, 9.17) is 16.1 Å². The minimum absolute atomic E-state index is 0.176. The maximum atomic E-state index is 12.4. The highest BCUT2D eigenvalue weighted by Gasteiger charge is 2.19. The van der Waals surface area contributed by atoms with Crippen molar-refractivity contribution >= 4 is 28.8 Å². The van der Waals surface area contributed by atoms with Crippen molar-refractivity contribution in [1.29, 1.82) is 0 Å². The molecule has 23 heavy (non-hydrogen) atoms. The van der Waals surface area contributed by atoms with E-state index in [-0.39, 0.29) is 5.91 Å². The van der Waals surface area contributed by atoms with Crippen molar-refractivity contribution in [2.24, 2.45) is 0 Å². The minimum Gasteiger partial charge on any atom is -0.360 e. The van der Waals surface area contributed by atoms with Gasteiger partial charge in [-0.25, -0.2) is 0 Å². The summed E-state index contributed by atoms with van der Waals surface area (Å²) in [6.45, 7) is 4.58. The van der Waals surface area contributed by atoms with Gasteiger partial charge in [-0.3, -0.25) is 9.69 Å². The molecule has 124 valence electrons. The van der Waals surface area contributed by atoms with Gasteiger partial charge in [0.1, 0.15) is 5.76 Å². The molecular formula is C16H20ClN3O2S. The summed E-state index contributed by atoms with van der Waals surface area (Å²) < 4.78 is 5.04. The molecule has 5 nitrogen and oxygen atoms in total. The number of aryl methyl sites for hydroxylation is 1. The first-order chi connectivity index (χ1) is 11.2. The van der Waals surface area contributed by atoms with E-state index in [1.807, 2.05) is 4.90 Å². The zero-order valence-corrected chi connectivity index (χ0v) is 14.5. The van der Waals surface area contributed by atoms with Crippen LogP contribution in [0.5, 0.6) is 0 Å². The van der Waals surface area contributed by atoms with Crippen molar-refractivity contribution in [3.8, 4) is 0 Å². The summed E-state index contributed by atoms with van der Waals surface area (Å²) in [5, 5.41) is 6.08. The van der Waals surface area contributed by atoms with Gasteiger partial charge in [0.05, 0.1) is 0 Å². The lowest BCUT2D eigenvalue weighted by Crippen LogP contribution is -2.35. The Balaban J connectivity index is 1.46. The molecule has 2 aromatic rings. The molecule has 2 aromatic heterocycles. The van der Waals surface area contributed by atoms with Crippen LogP contribution in [0.2, 0.25) is 5.15 Å². The summed E-state index contributed by atoms with van der Waals surface area (Å²) in [5.74, 6) is 0.841. The van der Waals surface area contributed by atoms with Crippen molar-refractivity contribution in [1.82, 2.24) is 15.0 Å². The van der Waals surface area contributed by atoms with Crippen molar-refractivity contribution in [3.05, 3.63) is 39.4 Å². The van der Waals surface area contributed by atoms with Crippen molar-refractivity contribution in [3.63, 3.8) is 0 Å². The normalized spacial score (nSPS) is 16.5. The van der Waals surface area contributed by atoms with Crippen LogP contribution in [0, 0.1) is 0 Å². The van der Waals surface area contributed by atoms with Gasteiger partial charge in [-0.15, -0.1) is 11.3 Å². The van der Waals surface area contributed by atoms with Crippen LogP contribution in [0.4, 0.5) is 0 Å². The van der Waals surface area contributed by atoms with Crippen molar-refractivity contribution < 1.29 is 9.32 Å². The van der Waals surface area contributed by atoms with Gasteiger partial charge in [0, 0.05) is 56.5 Å². The molecule has 0 spiro atoms. The second-order valence-electron chi connectivity index (χ2n) is 5.71. The Morgan fingerprint density at radius 1 is 1.35 bits per heavy atom. The molecule has 0 radical (unpaired) electrons. The Morgan fingerprint density at radius 2 is 2.26 bits per heavy atom. The second-order valence-corrected chi connectivity index (χ2v) is 7.13. The van der Waals surface area contributed by atoms with Crippen LogP contribution < -0.4 is 0 Å². The van der Waals surface area contributed by atoms with Crippen LogP contribution in [0.3, 0.4) is 0 Å². The van der Waals surface area contributed by atoms with Crippen LogP contribution in [0.25, 0.3) is 0 Å². The number of halogens is 1. The number of rotatable bonds is 5. The summed E-state index contributed by atoms with van der Waals surface area (Å²) >= 11 is 7.50. The molecule has 0 aliphatic carbocycles. The summed E-state index contributed by atoms with van der Waals surface area (Å²) in [7, 11) is 0. The van der Waals surface area contributed by atoms with Crippen LogP contribution in [-0.4, -0.2) is 47.0 Å². The molecule has 1 aliphatic heterocycles. The first kappa shape index (κ1) is 16.5. The van der Waals surface area contributed by atoms with E-state index < -0.39 is 0 Å². The van der Waals surface area contributed by atoms with E-state index >= 15 is 0 Å². The zero-order valence-electron chi connectivity index (χ0n) is 12.9. The van der Waals surface area contributed by atoms with Crippen LogP contribution in [-0.2, 0) is 17.8 Å². The monoisotopic (exact) mass is 353 g/mol. The van der Waals surface area contributed by atoms with E-state index in [1.165, 1.54) is 4.88 Å². The van der Waals surface area contributed by atoms with Gasteiger partial charge >= 0.3 is 0 Å². The molecular weight excluding hydrogens is 334 g/mol. The third-order valence-corrected chi connectivity index (χ3v) is 5.06. The van der Waals surface area contributed by atoms with Crippen LogP contribution >= 0.6 is 22.9 Å². The largest absolute Gasteiger partial charge is 0.360 e. The third kappa shape index (κ3) is 4.80. The number of nitrogens with zero attached hydrogens (tertiary/aromatic N) is 3. The Hall–Kier alpha value is -1.37. The molecule has 0 aromatic carbocycles. The molecule has 0 unspecified atom stereocenters. The molecule has 3 rings (SSSR count). The molecule has 0 saturated carbocycles. The van der Waals surface area contributed by atoms with Crippen LogP contribution in [0.1, 0.15) is 23.5 Å². The van der Waals surface area contributed by atoms with Gasteiger partial charge in [0.2, 0.25) is 5.91 Å². The van der Waals surface area contributed by atoms with E-state index in [9.17, 15) is 4.79 Å². The van der Waals surface area contributed by atoms with Crippen molar-refractivity contribution in [2.75, 3.05) is 26.2 Å². The predicted octanol–water partition coefficient (Wildman–Crippen LogP) is 3.06. The number of aromatic nitrogens is 1. The second kappa shape index (κ2) is 7.95. The summed E-state index contributed by atoms with van der Waals surface area (Å²) in [4.78, 5) is 18.1. The summed E-state index contributed by atoms with van der Waals surface area (Å²) in [5.41, 5.74) is 0. The number of carbonyl (C=O) groups is 1. The zero-order chi connectivity index (χ0) is 16.1. The molecule has 0 N–H and O–H groups in total. The molecule has 0 bridgehead atoms. The first-order valence-electron chi connectivity index (χ1n) is 7.84. The van der Waals surface area contributed by atoms with E-state index in [2.05, 4.69) is 27.6 Å². The highest BCUT2D eigenvalue weighted by molar-refractivity contribution is 7.09. The molecule has 1 amide bonds. The fraction of sp³-hybridized carbons (Fsp3) is 0.500. The number of thiophene rings is 1. The third-order valence-electron chi connectivity index (χ3n) is 4.02. The highest BCUT2D eigenvalue weighted by atomic mass is 35.5. The fourth-order valence-electron chi connectivity index (χ4n) is 2.80. The maximum Gasteiger partial charge on any atom is 0.223 e. The number of amides is 1. The smallest absolute Gasteiger partial charge is 0.223 e. The molecule has 0 atom stereocenters. The van der Waals surface area contributed by atoms with Gasteiger partial charge in [-0.05, 0) is 17.9 Å². The highest BCUT2D eigenvalue weighted by Crippen LogP contribution is 2.15. The Kier molecular flexibility index (Phi) is 5.70. The summed E-state index contributed by atoms with van der Waals surface area (Å²) in [6.07, 6.45) is 2.01. The minimum atomic E-state index is 0.176. The van der Waals surface area contributed by atoms with Crippen LogP contribution in [0.15, 0.2) is 28.1 Å². The SMILES string of the molecule is O=C(CCc1cc(Cl)no1)N1CCCN(Cc2cccs2)CC1. The molecule has 3 heterocycles. The standard InChI is InChI=1S/C16H20ClN3O2S/c17-15-11-13(22-18-15)4-5-16(21)20-7-2-6-19(8-9-20)12-14-3-1-10-23-14/h1,3,10-11H,2,4-9,12H2. The van der Waals surface area contributed by atoms with Crippen molar-refractivity contribution in [2.45, 2.75) is 25.8 Å². The van der Waals surface area contributed by atoms with Gasteiger partial charge in [0.25, 0.3) is 0 Å². The van der Waals surface area contributed by atoms with E-state index in [1.54, 1.807) is 17.4 Å². The molecule has 7 heteroatoms. The lowest BCUT2D eigenvalue weighted by Gasteiger charge is -2.21. The number of hydrogen-bond donors (Lipinski definition) is 0. The first-order valence-corrected chi connectivity index (χ1v) is 9.10. The Bertz CT molecular complexity index is 629. The van der Waals surface area contributed by atoms with E-state index in [0.29, 0.717) is 23.8 Å². The summed E-state index contributed by atoms with van der Waals surface area (Å²) in [6, 6.07) is 5.92. The molecule has 1 aliphatic rings. The lowest BCUT2D eigenvalue weighted by atomic mass is 10.2. The van der Waals surface area contributed by atoms with Gasteiger partial charge in [-0.1, -0.05) is 22.8 Å². The van der Waals surface area contributed by atoms with Gasteiger partial charge in [0.15, 0.2) is 5.15 Å². The van der Waals surface area contributed by atoms with E-state index in [0.717, 1.165) is 39.1 Å². The molecule has 1 saturated heterocycles. The average molecular weight is 354 g/mol. The molecule has 1 fully saturated rings. The number of carbonyl (C=O) groups excluding carboxylic acids is 1. The topological polar surface area (TPSA) is 49.6 Å². The Labute approximate surface area is 144 Å². The fourth-order valence-corrected chi connectivity index (χ4v) is 3.70. The lowest BCUT2D eigenvalue weighted by molar-refractivity contribution is -0.131.